The van der Waals surface area contributed by atoms with Gasteiger partial charge in [0.25, 0.3) is 0 Å². The molecule has 1 atom stereocenters. The average molecular weight is 416 g/mol. The van der Waals surface area contributed by atoms with Crippen molar-refractivity contribution in [3.63, 3.8) is 0 Å². The standard InChI is InChI=1S/C23H17F5N2/c24-19-5-2-6-20(25)21(19)22-29-12-17(13-30-22)15-9-7-14(8-10-15)16-3-1-4-18(11-16)23(26,27)28/h1-11,17H,12-13H2,(H,29,30). The Balaban J connectivity index is 1.52. The van der Waals surface area contributed by atoms with E-state index in [-0.39, 0.29) is 17.3 Å². The summed E-state index contributed by atoms with van der Waals surface area (Å²) in [5.41, 5.74) is 1.23. The molecule has 0 aliphatic carbocycles. The highest BCUT2D eigenvalue weighted by Gasteiger charge is 2.30. The first kappa shape index (κ1) is 20.1. The summed E-state index contributed by atoms with van der Waals surface area (Å²) >= 11 is 0. The van der Waals surface area contributed by atoms with Gasteiger partial charge in [-0.2, -0.15) is 13.2 Å². The molecule has 4 rings (SSSR count). The van der Waals surface area contributed by atoms with Crippen LogP contribution < -0.4 is 5.32 Å². The van der Waals surface area contributed by atoms with E-state index >= 15 is 0 Å². The van der Waals surface area contributed by atoms with Crippen molar-refractivity contribution in [2.45, 2.75) is 12.1 Å². The van der Waals surface area contributed by atoms with Gasteiger partial charge in [-0.25, -0.2) is 8.78 Å². The van der Waals surface area contributed by atoms with E-state index in [9.17, 15) is 22.0 Å². The molecule has 3 aromatic carbocycles. The van der Waals surface area contributed by atoms with Crippen LogP contribution in [0.15, 0.2) is 71.7 Å². The van der Waals surface area contributed by atoms with Crippen LogP contribution in [0, 0.1) is 11.6 Å². The lowest BCUT2D eigenvalue weighted by Crippen LogP contribution is -2.36. The number of rotatable bonds is 3. The quantitative estimate of drug-likeness (QED) is 0.538. The summed E-state index contributed by atoms with van der Waals surface area (Å²) in [6.07, 6.45) is -4.39. The largest absolute Gasteiger partial charge is 0.416 e. The molecule has 1 aliphatic rings. The van der Waals surface area contributed by atoms with Crippen molar-refractivity contribution in [2.24, 2.45) is 4.99 Å². The second-order valence-electron chi connectivity index (χ2n) is 7.06. The molecule has 30 heavy (non-hydrogen) atoms. The predicted molar refractivity (Wildman–Crippen MR) is 105 cm³/mol. The van der Waals surface area contributed by atoms with Crippen molar-refractivity contribution in [3.8, 4) is 11.1 Å². The van der Waals surface area contributed by atoms with Crippen LogP contribution in [0.4, 0.5) is 22.0 Å². The van der Waals surface area contributed by atoms with E-state index < -0.39 is 23.4 Å². The summed E-state index contributed by atoms with van der Waals surface area (Å²) < 4.78 is 66.6. The molecule has 0 saturated heterocycles. The summed E-state index contributed by atoms with van der Waals surface area (Å²) in [4.78, 5) is 4.30. The molecule has 0 amide bonds. The van der Waals surface area contributed by atoms with E-state index in [4.69, 9.17) is 0 Å². The second kappa shape index (κ2) is 7.89. The molecule has 1 N–H and O–H groups in total. The molecule has 1 heterocycles. The molecular formula is C23H17F5N2. The van der Waals surface area contributed by atoms with Crippen LogP contribution in [-0.2, 0) is 6.18 Å². The van der Waals surface area contributed by atoms with E-state index in [0.717, 1.165) is 17.7 Å². The molecule has 0 bridgehead atoms. The highest BCUT2D eigenvalue weighted by Crippen LogP contribution is 2.32. The lowest BCUT2D eigenvalue weighted by molar-refractivity contribution is -0.137. The summed E-state index contributed by atoms with van der Waals surface area (Å²) in [7, 11) is 0. The maximum Gasteiger partial charge on any atom is 0.416 e. The van der Waals surface area contributed by atoms with Gasteiger partial charge in [0.1, 0.15) is 17.5 Å². The monoisotopic (exact) mass is 416 g/mol. The molecule has 3 aromatic rings. The SMILES string of the molecule is Fc1cccc(F)c1C1=NCC(c2ccc(-c3cccc(C(F)(F)F)c3)cc2)CN1. The van der Waals surface area contributed by atoms with Gasteiger partial charge in [-0.1, -0.05) is 42.5 Å². The number of amidine groups is 1. The van der Waals surface area contributed by atoms with Crippen LogP contribution in [0.25, 0.3) is 11.1 Å². The Kier molecular flexibility index (Phi) is 5.28. The van der Waals surface area contributed by atoms with Gasteiger partial charge >= 0.3 is 6.18 Å². The van der Waals surface area contributed by atoms with E-state index in [1.54, 1.807) is 18.2 Å². The number of hydrogen-bond acceptors (Lipinski definition) is 2. The fourth-order valence-corrected chi connectivity index (χ4v) is 3.48. The van der Waals surface area contributed by atoms with Crippen LogP contribution in [0.1, 0.15) is 22.6 Å². The molecule has 1 unspecified atom stereocenters. The van der Waals surface area contributed by atoms with Crippen LogP contribution in [0.2, 0.25) is 0 Å². The van der Waals surface area contributed by atoms with Gasteiger partial charge in [0.2, 0.25) is 0 Å². The van der Waals surface area contributed by atoms with Crippen molar-refractivity contribution < 1.29 is 22.0 Å². The van der Waals surface area contributed by atoms with E-state index in [1.165, 1.54) is 24.3 Å². The number of nitrogens with one attached hydrogen (secondary N) is 1. The van der Waals surface area contributed by atoms with Gasteiger partial charge in [-0.15, -0.1) is 0 Å². The molecule has 0 spiro atoms. The Hall–Kier alpha value is -3.22. The molecule has 0 fully saturated rings. The second-order valence-corrected chi connectivity index (χ2v) is 7.06. The predicted octanol–water partition coefficient (Wildman–Crippen LogP) is 5.78. The number of hydrogen-bond donors (Lipinski definition) is 1. The van der Waals surface area contributed by atoms with Crippen molar-refractivity contribution in [1.29, 1.82) is 0 Å². The highest BCUT2D eigenvalue weighted by atomic mass is 19.4. The molecule has 0 radical (unpaired) electrons. The molecular weight excluding hydrogens is 399 g/mol. The smallest absolute Gasteiger partial charge is 0.369 e. The van der Waals surface area contributed by atoms with Crippen molar-refractivity contribution in [1.82, 2.24) is 5.32 Å². The highest BCUT2D eigenvalue weighted by molar-refractivity contribution is 5.99. The minimum atomic E-state index is -4.39. The van der Waals surface area contributed by atoms with Crippen molar-refractivity contribution in [3.05, 3.63) is 95.1 Å². The van der Waals surface area contributed by atoms with Gasteiger partial charge in [-0.05, 0) is 41.0 Å². The third-order valence-corrected chi connectivity index (χ3v) is 5.09. The summed E-state index contributed by atoms with van der Waals surface area (Å²) in [5, 5.41) is 2.98. The van der Waals surface area contributed by atoms with Gasteiger partial charge in [0.15, 0.2) is 0 Å². The third-order valence-electron chi connectivity index (χ3n) is 5.09. The molecule has 0 aromatic heterocycles. The first-order valence-electron chi connectivity index (χ1n) is 9.33. The maximum absolute atomic E-state index is 13.9. The lowest BCUT2D eigenvalue weighted by atomic mass is 9.94. The van der Waals surface area contributed by atoms with Crippen molar-refractivity contribution >= 4 is 5.84 Å². The number of aliphatic imine (C=N–C) groups is 1. The Morgan fingerprint density at radius 1 is 0.833 bits per heavy atom. The fourth-order valence-electron chi connectivity index (χ4n) is 3.48. The lowest BCUT2D eigenvalue weighted by Gasteiger charge is -2.24. The topological polar surface area (TPSA) is 24.4 Å². The summed E-state index contributed by atoms with van der Waals surface area (Å²) in [6.45, 7) is 0.786. The minimum absolute atomic E-state index is 0.0147. The number of benzene rings is 3. The third kappa shape index (κ3) is 4.06. The zero-order valence-electron chi connectivity index (χ0n) is 15.7. The van der Waals surface area contributed by atoms with Gasteiger partial charge in [0, 0.05) is 19.0 Å². The molecule has 1 aliphatic heterocycles. The van der Waals surface area contributed by atoms with Crippen LogP contribution in [-0.4, -0.2) is 18.9 Å². The molecule has 0 saturated carbocycles. The fraction of sp³-hybridized carbons (Fsp3) is 0.174. The molecule has 2 nitrogen and oxygen atoms in total. The summed E-state index contributed by atoms with van der Waals surface area (Å²) in [5.74, 6) is -1.18. The Bertz CT molecular complexity index is 1070. The minimum Gasteiger partial charge on any atom is -0.369 e. The number of halogens is 5. The van der Waals surface area contributed by atoms with Crippen LogP contribution in [0.3, 0.4) is 0 Å². The maximum atomic E-state index is 13.9. The Labute approximate surface area is 170 Å². The Morgan fingerprint density at radius 3 is 2.10 bits per heavy atom. The average Bonchev–Trinajstić information content (AvgIpc) is 2.74. The Morgan fingerprint density at radius 2 is 1.50 bits per heavy atom. The van der Waals surface area contributed by atoms with E-state index in [0.29, 0.717) is 24.2 Å². The number of alkyl halides is 3. The van der Waals surface area contributed by atoms with Crippen molar-refractivity contribution in [2.75, 3.05) is 13.1 Å². The summed E-state index contributed by atoms with van der Waals surface area (Å²) in [6, 6.07) is 16.0. The van der Waals surface area contributed by atoms with Crippen LogP contribution >= 0.6 is 0 Å². The molecule has 7 heteroatoms. The number of nitrogens with zero attached hydrogens (tertiary/aromatic N) is 1. The first-order valence-corrected chi connectivity index (χ1v) is 9.33. The van der Waals surface area contributed by atoms with Gasteiger partial charge in [-0.3, -0.25) is 4.99 Å². The first-order chi connectivity index (χ1) is 14.3. The van der Waals surface area contributed by atoms with Gasteiger partial charge < -0.3 is 5.32 Å². The molecule has 154 valence electrons. The zero-order chi connectivity index (χ0) is 21.3. The van der Waals surface area contributed by atoms with Gasteiger partial charge in [0.05, 0.1) is 11.1 Å². The van der Waals surface area contributed by atoms with E-state index in [2.05, 4.69) is 10.3 Å². The zero-order valence-corrected chi connectivity index (χ0v) is 15.7. The normalized spacial score (nSPS) is 16.7. The van der Waals surface area contributed by atoms with Crippen LogP contribution in [0.5, 0.6) is 0 Å². The van der Waals surface area contributed by atoms with E-state index in [1.807, 2.05) is 12.1 Å².